The largest absolute Gasteiger partial charge is 0.308 e. The average Bonchev–Trinajstić information content (AvgIpc) is 2.70. The van der Waals surface area contributed by atoms with Crippen molar-refractivity contribution in [2.45, 2.75) is 26.3 Å². The van der Waals surface area contributed by atoms with Gasteiger partial charge in [0, 0.05) is 39.8 Å². The topological polar surface area (TPSA) is 29.1 Å². The summed E-state index contributed by atoms with van der Waals surface area (Å²) in [7, 11) is -0.682. The van der Waals surface area contributed by atoms with E-state index in [1.165, 1.54) is 4.88 Å². The molecule has 0 fully saturated rings. The van der Waals surface area contributed by atoms with Crippen LogP contribution in [0.2, 0.25) is 4.34 Å². The number of hydrogen-bond acceptors (Lipinski definition) is 3. The predicted octanol–water partition coefficient (Wildman–Crippen LogP) is 3.21. The summed E-state index contributed by atoms with van der Waals surface area (Å²) in [5.74, 6) is 1.47. The highest BCUT2D eigenvalue weighted by atomic mass is 35.5. The first-order valence-corrected chi connectivity index (χ1v) is 8.19. The molecule has 0 saturated carbocycles. The average molecular weight is 280 g/mol. The van der Waals surface area contributed by atoms with Gasteiger partial charge in [0.15, 0.2) is 0 Å². The maximum atomic E-state index is 11.3. The molecule has 16 heavy (non-hydrogen) atoms. The molecule has 5 heteroatoms. The minimum atomic E-state index is -0.682. The molecule has 2 atom stereocenters. The van der Waals surface area contributed by atoms with Crippen LogP contribution in [0.1, 0.15) is 31.2 Å². The Bertz CT molecular complexity index is 340. The summed E-state index contributed by atoms with van der Waals surface area (Å²) in [5.41, 5.74) is 0. The number of nitrogens with one attached hydrogen (secondary N) is 1. The summed E-state index contributed by atoms with van der Waals surface area (Å²) in [5, 5.41) is 3.42. The van der Waals surface area contributed by atoms with Crippen molar-refractivity contribution in [3.63, 3.8) is 0 Å². The lowest BCUT2D eigenvalue weighted by Gasteiger charge is -2.14. The van der Waals surface area contributed by atoms with Gasteiger partial charge in [-0.1, -0.05) is 25.4 Å². The van der Waals surface area contributed by atoms with Crippen molar-refractivity contribution in [1.29, 1.82) is 0 Å². The first-order chi connectivity index (χ1) is 7.67. The van der Waals surface area contributed by atoms with Crippen molar-refractivity contribution in [3.05, 3.63) is 21.3 Å². The van der Waals surface area contributed by atoms with E-state index in [2.05, 4.69) is 18.3 Å². The van der Waals surface area contributed by atoms with E-state index in [4.69, 9.17) is 11.6 Å². The van der Waals surface area contributed by atoms with Crippen molar-refractivity contribution in [2.24, 2.45) is 0 Å². The zero-order valence-electron chi connectivity index (χ0n) is 9.66. The van der Waals surface area contributed by atoms with Crippen LogP contribution in [0.3, 0.4) is 0 Å². The molecule has 0 amide bonds. The normalized spacial score (nSPS) is 14.9. The third-order valence-corrected chi connectivity index (χ3v) is 5.04. The molecule has 1 rings (SSSR count). The van der Waals surface area contributed by atoms with Crippen LogP contribution in [0, 0.1) is 0 Å². The van der Waals surface area contributed by atoms with Crippen molar-refractivity contribution in [2.75, 3.05) is 18.1 Å². The summed E-state index contributed by atoms with van der Waals surface area (Å²) in [6.45, 7) is 4.89. The van der Waals surface area contributed by atoms with Gasteiger partial charge in [0.1, 0.15) is 0 Å². The van der Waals surface area contributed by atoms with Gasteiger partial charge in [0.05, 0.1) is 4.34 Å². The highest BCUT2D eigenvalue weighted by molar-refractivity contribution is 7.84. The molecule has 1 aromatic rings. The van der Waals surface area contributed by atoms with Crippen LogP contribution in [0.4, 0.5) is 0 Å². The summed E-state index contributed by atoms with van der Waals surface area (Å²) < 4.78 is 12.1. The molecule has 0 spiro atoms. The molecular weight excluding hydrogens is 262 g/mol. The molecule has 0 saturated heterocycles. The van der Waals surface area contributed by atoms with Gasteiger partial charge in [-0.05, 0) is 18.6 Å². The molecule has 1 heterocycles. The Hall–Kier alpha value is 0.1000. The van der Waals surface area contributed by atoms with Crippen LogP contribution in [0.25, 0.3) is 0 Å². The quantitative estimate of drug-likeness (QED) is 0.830. The maximum absolute atomic E-state index is 11.3. The van der Waals surface area contributed by atoms with Crippen LogP contribution in [-0.4, -0.2) is 22.3 Å². The van der Waals surface area contributed by atoms with Gasteiger partial charge >= 0.3 is 0 Å². The summed E-state index contributed by atoms with van der Waals surface area (Å²) in [4.78, 5) is 1.26. The Morgan fingerprint density at radius 1 is 1.50 bits per heavy atom. The van der Waals surface area contributed by atoms with Gasteiger partial charge in [-0.2, -0.15) is 0 Å². The first kappa shape index (κ1) is 14.2. The zero-order chi connectivity index (χ0) is 12.0. The standard InChI is InChI=1S/C11H18ClNOS2/c1-3-9(10-5-6-11(12)15-10)13-7-8-16(14)4-2/h5-6,9,13H,3-4,7-8H2,1-2H3. The van der Waals surface area contributed by atoms with Crippen molar-refractivity contribution >= 4 is 33.7 Å². The van der Waals surface area contributed by atoms with E-state index >= 15 is 0 Å². The SMILES string of the molecule is CCC(NCCS(=O)CC)c1ccc(Cl)s1. The van der Waals surface area contributed by atoms with E-state index in [1.54, 1.807) is 11.3 Å². The summed E-state index contributed by atoms with van der Waals surface area (Å²) >= 11 is 7.52. The number of halogens is 1. The van der Waals surface area contributed by atoms with E-state index < -0.39 is 10.8 Å². The minimum absolute atomic E-state index is 0.339. The molecule has 1 aromatic heterocycles. The molecule has 0 aliphatic heterocycles. The molecule has 2 unspecified atom stereocenters. The number of rotatable bonds is 7. The molecular formula is C11H18ClNOS2. The Labute approximate surface area is 109 Å². The first-order valence-electron chi connectivity index (χ1n) is 5.51. The third-order valence-electron chi connectivity index (χ3n) is 2.39. The minimum Gasteiger partial charge on any atom is -0.308 e. The fourth-order valence-electron chi connectivity index (χ4n) is 1.45. The third kappa shape index (κ3) is 4.53. The van der Waals surface area contributed by atoms with E-state index in [0.717, 1.165) is 28.8 Å². The second-order valence-electron chi connectivity index (χ2n) is 3.49. The lowest BCUT2D eigenvalue weighted by Crippen LogP contribution is -2.25. The number of hydrogen-bond donors (Lipinski definition) is 1. The number of thiophene rings is 1. The molecule has 2 nitrogen and oxygen atoms in total. The summed E-state index contributed by atoms with van der Waals surface area (Å²) in [6, 6.07) is 4.33. The van der Waals surface area contributed by atoms with E-state index in [0.29, 0.717) is 6.04 Å². The Morgan fingerprint density at radius 2 is 2.25 bits per heavy atom. The molecule has 0 aliphatic carbocycles. The predicted molar refractivity (Wildman–Crippen MR) is 73.9 cm³/mol. The smallest absolute Gasteiger partial charge is 0.0931 e. The van der Waals surface area contributed by atoms with Crippen LogP contribution >= 0.6 is 22.9 Å². The van der Waals surface area contributed by atoms with E-state index in [1.807, 2.05) is 13.0 Å². The molecule has 0 radical (unpaired) electrons. The van der Waals surface area contributed by atoms with Crippen LogP contribution in [-0.2, 0) is 10.8 Å². The van der Waals surface area contributed by atoms with Crippen molar-refractivity contribution < 1.29 is 4.21 Å². The Balaban J connectivity index is 2.41. The Kier molecular flexibility index (Phi) is 6.58. The lowest BCUT2D eigenvalue weighted by atomic mass is 10.2. The maximum Gasteiger partial charge on any atom is 0.0931 e. The van der Waals surface area contributed by atoms with E-state index in [9.17, 15) is 4.21 Å². The van der Waals surface area contributed by atoms with Gasteiger partial charge in [-0.3, -0.25) is 4.21 Å². The second-order valence-corrected chi connectivity index (χ2v) is 7.10. The van der Waals surface area contributed by atoms with Gasteiger partial charge in [-0.15, -0.1) is 11.3 Å². The lowest BCUT2D eigenvalue weighted by molar-refractivity contribution is 0.546. The fourth-order valence-corrected chi connectivity index (χ4v) is 3.31. The monoisotopic (exact) mass is 279 g/mol. The van der Waals surface area contributed by atoms with Crippen molar-refractivity contribution in [3.8, 4) is 0 Å². The fraction of sp³-hybridized carbons (Fsp3) is 0.636. The van der Waals surface area contributed by atoms with E-state index in [-0.39, 0.29) is 0 Å². The molecule has 1 N–H and O–H groups in total. The van der Waals surface area contributed by atoms with Crippen LogP contribution in [0.5, 0.6) is 0 Å². The molecule has 0 aromatic carbocycles. The summed E-state index contributed by atoms with van der Waals surface area (Å²) in [6.07, 6.45) is 1.02. The second kappa shape index (κ2) is 7.43. The van der Waals surface area contributed by atoms with Gasteiger partial charge < -0.3 is 5.32 Å². The highest BCUT2D eigenvalue weighted by Gasteiger charge is 2.10. The van der Waals surface area contributed by atoms with Crippen LogP contribution in [0.15, 0.2) is 12.1 Å². The molecule has 0 aliphatic rings. The molecule has 0 bridgehead atoms. The van der Waals surface area contributed by atoms with Gasteiger partial charge in [-0.25, -0.2) is 0 Å². The highest BCUT2D eigenvalue weighted by Crippen LogP contribution is 2.28. The van der Waals surface area contributed by atoms with Crippen molar-refractivity contribution in [1.82, 2.24) is 5.32 Å². The van der Waals surface area contributed by atoms with Gasteiger partial charge in [0.25, 0.3) is 0 Å². The molecule has 92 valence electrons. The Morgan fingerprint density at radius 3 is 2.75 bits per heavy atom. The van der Waals surface area contributed by atoms with Gasteiger partial charge in [0.2, 0.25) is 0 Å². The zero-order valence-corrected chi connectivity index (χ0v) is 12.1. The van der Waals surface area contributed by atoms with Crippen LogP contribution < -0.4 is 5.32 Å².